The molecule has 0 saturated carbocycles. The summed E-state index contributed by atoms with van der Waals surface area (Å²) in [5.41, 5.74) is 5.79. The van der Waals surface area contributed by atoms with E-state index in [9.17, 15) is 0 Å². The first-order chi connectivity index (χ1) is 16.9. The minimum atomic E-state index is -0.129. The molecule has 3 heterocycles. The Morgan fingerprint density at radius 3 is 2.35 bits per heavy atom. The minimum absolute atomic E-state index is 0.129. The van der Waals surface area contributed by atoms with E-state index in [1.807, 2.05) is 17.4 Å². The molecule has 1 aliphatic heterocycles. The van der Waals surface area contributed by atoms with Crippen molar-refractivity contribution in [3.05, 3.63) is 126 Å². The molecular weight excluding hydrogens is 434 g/mol. The highest BCUT2D eigenvalue weighted by Crippen LogP contribution is 2.42. The monoisotopic (exact) mass is 455 g/mol. The molecule has 1 unspecified atom stereocenters. The van der Waals surface area contributed by atoms with E-state index < -0.39 is 0 Å². The number of nitrogens with one attached hydrogen (secondary N) is 1. The molecule has 0 spiro atoms. The van der Waals surface area contributed by atoms with Gasteiger partial charge in [-0.05, 0) is 34.5 Å². The van der Waals surface area contributed by atoms with Gasteiger partial charge in [0.1, 0.15) is 11.9 Å². The summed E-state index contributed by atoms with van der Waals surface area (Å²) in [6.07, 6.45) is 2.14. The molecule has 0 bridgehead atoms. The largest absolute Gasteiger partial charge is 0.345 e. The Bertz CT molecular complexity index is 1720. The average molecular weight is 456 g/mol. The first kappa shape index (κ1) is 19.3. The summed E-state index contributed by atoms with van der Waals surface area (Å²) < 4.78 is 3.72. The summed E-state index contributed by atoms with van der Waals surface area (Å²) in [6.45, 7) is 0. The van der Waals surface area contributed by atoms with Gasteiger partial charge in [-0.1, -0.05) is 84.9 Å². The molecule has 7 rings (SSSR count). The van der Waals surface area contributed by atoms with Gasteiger partial charge in [0.05, 0.1) is 16.7 Å². The fourth-order valence-corrected chi connectivity index (χ4v) is 5.99. The maximum atomic E-state index is 5.24. The Hall–Kier alpha value is -4.15. The first-order valence-corrected chi connectivity index (χ1v) is 12.3. The van der Waals surface area contributed by atoms with Crippen LogP contribution < -0.4 is 5.32 Å². The minimum Gasteiger partial charge on any atom is -0.345 e. The van der Waals surface area contributed by atoms with Gasteiger partial charge < -0.3 is 9.88 Å². The predicted octanol–water partition coefficient (Wildman–Crippen LogP) is 7.60. The molecule has 0 fully saturated rings. The zero-order valence-electron chi connectivity index (χ0n) is 18.3. The van der Waals surface area contributed by atoms with E-state index in [0.717, 1.165) is 17.1 Å². The summed E-state index contributed by atoms with van der Waals surface area (Å²) in [6, 6.07) is 36.2. The van der Waals surface area contributed by atoms with Crippen molar-refractivity contribution in [2.24, 2.45) is 4.99 Å². The third-order valence-electron chi connectivity index (χ3n) is 6.57. The van der Waals surface area contributed by atoms with E-state index in [0.29, 0.717) is 0 Å². The van der Waals surface area contributed by atoms with Crippen molar-refractivity contribution in [2.45, 2.75) is 6.04 Å². The Morgan fingerprint density at radius 1 is 0.735 bits per heavy atom. The molecule has 162 valence electrons. The van der Waals surface area contributed by atoms with Crippen molar-refractivity contribution < 1.29 is 0 Å². The molecule has 0 amide bonds. The molecule has 0 aliphatic carbocycles. The van der Waals surface area contributed by atoms with Crippen LogP contribution in [0.25, 0.3) is 37.6 Å². The molecule has 1 atom stereocenters. The van der Waals surface area contributed by atoms with E-state index in [2.05, 4.69) is 119 Å². The van der Waals surface area contributed by atoms with Crippen LogP contribution in [0, 0.1) is 0 Å². The lowest BCUT2D eigenvalue weighted by Gasteiger charge is -2.26. The summed E-state index contributed by atoms with van der Waals surface area (Å²) in [7, 11) is 0. The molecule has 6 aromatic rings. The predicted molar refractivity (Wildman–Crippen MR) is 144 cm³/mol. The molecule has 4 heteroatoms. The molecule has 0 saturated heterocycles. The number of aromatic nitrogens is 1. The van der Waals surface area contributed by atoms with E-state index in [1.165, 1.54) is 37.5 Å². The Kier molecular flexibility index (Phi) is 4.39. The number of benzene rings is 4. The van der Waals surface area contributed by atoms with Crippen LogP contribution in [0.15, 0.2) is 120 Å². The van der Waals surface area contributed by atoms with Crippen molar-refractivity contribution in [3.63, 3.8) is 0 Å². The normalized spacial score (nSPS) is 15.9. The molecular formula is C30H21N3S. The Morgan fingerprint density at radius 2 is 1.50 bits per heavy atom. The lowest BCUT2D eigenvalue weighted by atomic mass is 10.0. The van der Waals surface area contributed by atoms with E-state index in [1.54, 1.807) is 0 Å². The molecule has 34 heavy (non-hydrogen) atoms. The van der Waals surface area contributed by atoms with Crippen LogP contribution >= 0.6 is 11.3 Å². The molecule has 1 aliphatic rings. The van der Waals surface area contributed by atoms with Gasteiger partial charge in [-0.25, -0.2) is 0 Å². The Balaban J connectivity index is 1.50. The highest BCUT2D eigenvalue weighted by atomic mass is 32.1. The van der Waals surface area contributed by atoms with E-state index in [-0.39, 0.29) is 6.04 Å². The number of amidine groups is 1. The molecule has 1 N–H and O–H groups in total. The third kappa shape index (κ3) is 2.93. The quantitative estimate of drug-likeness (QED) is 0.292. The van der Waals surface area contributed by atoms with Gasteiger partial charge in [0.15, 0.2) is 0 Å². The number of hydrogen-bond acceptors (Lipinski definition) is 3. The van der Waals surface area contributed by atoms with Crippen molar-refractivity contribution in [1.82, 2.24) is 9.88 Å². The standard InChI is InChI=1S/C30H21N3S/c1-3-9-20(10-4-1)28-26(19-31-30(32-28)22-11-5-2-6-12-22)33-24-14-8-7-13-23(24)27-25(33)16-15-21-17-18-34-29(21)27/h1-19,28H,(H,31,32). The van der Waals surface area contributed by atoms with Crippen molar-refractivity contribution >= 4 is 54.8 Å². The number of hydrogen-bond donors (Lipinski definition) is 1. The molecule has 4 aromatic carbocycles. The van der Waals surface area contributed by atoms with Crippen LogP contribution in [-0.4, -0.2) is 10.4 Å². The van der Waals surface area contributed by atoms with Crippen LogP contribution in [0.1, 0.15) is 17.2 Å². The fraction of sp³-hybridized carbons (Fsp3) is 0.0333. The molecule has 2 aromatic heterocycles. The van der Waals surface area contributed by atoms with Crippen molar-refractivity contribution in [1.29, 1.82) is 0 Å². The summed E-state index contributed by atoms with van der Waals surface area (Å²) in [5, 5.41) is 9.57. The number of fused-ring (bicyclic) bond motifs is 5. The second-order valence-electron chi connectivity index (χ2n) is 8.52. The average Bonchev–Trinajstić information content (AvgIpc) is 3.52. The number of rotatable bonds is 3. The first-order valence-electron chi connectivity index (χ1n) is 11.4. The van der Waals surface area contributed by atoms with E-state index in [4.69, 9.17) is 4.99 Å². The van der Waals surface area contributed by atoms with Gasteiger partial charge in [-0.15, -0.1) is 11.3 Å². The van der Waals surface area contributed by atoms with Crippen molar-refractivity contribution in [3.8, 4) is 0 Å². The van der Waals surface area contributed by atoms with Crippen LogP contribution in [0.5, 0.6) is 0 Å². The fourth-order valence-electron chi connectivity index (χ4n) is 5.03. The third-order valence-corrected chi connectivity index (χ3v) is 7.52. The second-order valence-corrected chi connectivity index (χ2v) is 9.44. The Labute approximate surface area is 201 Å². The van der Waals surface area contributed by atoms with Crippen LogP contribution in [0.2, 0.25) is 0 Å². The summed E-state index contributed by atoms with van der Waals surface area (Å²) in [5.74, 6) is 0.889. The van der Waals surface area contributed by atoms with Gasteiger partial charge >= 0.3 is 0 Å². The SMILES string of the molecule is C1=C(n2c3ccccc3c3c4sccc4ccc32)C(c2ccccc2)N=C(c2ccccc2)N1. The van der Waals surface area contributed by atoms with Gasteiger partial charge in [0.25, 0.3) is 0 Å². The van der Waals surface area contributed by atoms with Gasteiger partial charge in [-0.3, -0.25) is 4.99 Å². The van der Waals surface area contributed by atoms with Gasteiger partial charge in [-0.2, -0.15) is 0 Å². The number of thiophene rings is 1. The number of aliphatic imine (C=N–C) groups is 1. The lowest BCUT2D eigenvalue weighted by molar-refractivity contribution is 0.845. The smallest absolute Gasteiger partial charge is 0.133 e. The summed E-state index contributed by atoms with van der Waals surface area (Å²) >= 11 is 1.81. The highest BCUT2D eigenvalue weighted by Gasteiger charge is 2.26. The second kappa shape index (κ2) is 7.72. The van der Waals surface area contributed by atoms with Crippen LogP contribution in [0.3, 0.4) is 0 Å². The van der Waals surface area contributed by atoms with Gasteiger partial charge in [0, 0.05) is 27.2 Å². The lowest BCUT2D eigenvalue weighted by Crippen LogP contribution is -2.26. The molecule has 0 radical (unpaired) electrons. The van der Waals surface area contributed by atoms with E-state index >= 15 is 0 Å². The van der Waals surface area contributed by atoms with Crippen LogP contribution in [0.4, 0.5) is 0 Å². The number of para-hydroxylation sites is 1. The number of nitrogens with zero attached hydrogens (tertiary/aromatic N) is 2. The highest BCUT2D eigenvalue weighted by molar-refractivity contribution is 7.18. The maximum absolute atomic E-state index is 5.24. The van der Waals surface area contributed by atoms with Gasteiger partial charge in [0.2, 0.25) is 0 Å². The maximum Gasteiger partial charge on any atom is 0.133 e. The zero-order chi connectivity index (χ0) is 22.5. The topological polar surface area (TPSA) is 29.3 Å². The van der Waals surface area contributed by atoms with Crippen LogP contribution in [-0.2, 0) is 0 Å². The molecule has 3 nitrogen and oxygen atoms in total. The summed E-state index contributed by atoms with van der Waals surface area (Å²) in [4.78, 5) is 5.24. The van der Waals surface area contributed by atoms with Crippen molar-refractivity contribution in [2.75, 3.05) is 0 Å². The zero-order valence-corrected chi connectivity index (χ0v) is 19.2.